The van der Waals surface area contributed by atoms with Gasteiger partial charge in [0.25, 0.3) is 5.91 Å². The number of carbonyl (C=O) groups is 1. The molecule has 2 aromatic carbocycles. The van der Waals surface area contributed by atoms with Crippen molar-refractivity contribution >= 4 is 34.4 Å². The summed E-state index contributed by atoms with van der Waals surface area (Å²) in [5.74, 6) is -0.265. The topological polar surface area (TPSA) is 62.9 Å². The van der Waals surface area contributed by atoms with Crippen LogP contribution in [0.4, 0.5) is 5.69 Å². The molecule has 0 saturated carbocycles. The molecule has 0 fully saturated rings. The highest BCUT2D eigenvalue weighted by molar-refractivity contribution is 6.32. The van der Waals surface area contributed by atoms with E-state index >= 15 is 0 Å². The number of anilines is 1. The molecule has 1 aliphatic heterocycles. The Balaban J connectivity index is 1.81. The van der Waals surface area contributed by atoms with E-state index in [-0.39, 0.29) is 11.3 Å². The van der Waals surface area contributed by atoms with Crippen molar-refractivity contribution in [3.8, 4) is 0 Å². The average molecular weight is 358 g/mol. The molecule has 0 aliphatic carbocycles. The molecule has 5 heteroatoms. The minimum Gasteiger partial charge on any atom is -0.463 e. The third kappa shape index (κ3) is 2.87. The van der Waals surface area contributed by atoms with Crippen molar-refractivity contribution in [1.82, 2.24) is 0 Å². The number of nitrogens with zero attached hydrogens (tertiary/aromatic N) is 2. The van der Waals surface area contributed by atoms with Crippen LogP contribution in [0.25, 0.3) is 17.0 Å². The highest BCUT2D eigenvalue weighted by Crippen LogP contribution is 2.25. The quantitative estimate of drug-likeness (QED) is 0.645. The summed E-state index contributed by atoms with van der Waals surface area (Å²) in [6, 6.07) is 13.0. The Morgan fingerprint density at radius 3 is 2.52 bits per heavy atom. The van der Waals surface area contributed by atoms with Gasteiger partial charge in [0.15, 0.2) is 5.43 Å². The molecule has 0 N–H and O–H groups in total. The Hall–Kier alpha value is -3.47. The number of rotatable bonds is 2. The molecule has 27 heavy (non-hydrogen) atoms. The summed E-state index contributed by atoms with van der Waals surface area (Å²) >= 11 is 0. The lowest BCUT2D eigenvalue weighted by Crippen LogP contribution is -2.21. The number of amides is 1. The standard InChI is InChI=1S/C22H18N2O3/c1-13-9-14(2)20-19(10-13)27-12-16(21(20)25)11-18-15(3)23-24(22(18)26)17-7-5-4-6-8-17/h4-12H,1-3H3. The lowest BCUT2D eigenvalue weighted by Gasteiger charge is -2.11. The monoisotopic (exact) mass is 358 g/mol. The molecule has 1 aromatic heterocycles. The number of hydrogen-bond donors (Lipinski definition) is 0. The first-order valence-electron chi connectivity index (χ1n) is 8.65. The van der Waals surface area contributed by atoms with Crippen LogP contribution in [0.1, 0.15) is 23.6 Å². The summed E-state index contributed by atoms with van der Waals surface area (Å²) < 4.78 is 5.67. The third-order valence-corrected chi connectivity index (χ3v) is 4.61. The van der Waals surface area contributed by atoms with Gasteiger partial charge in [0.2, 0.25) is 0 Å². The fraction of sp³-hybridized carbons (Fsp3) is 0.136. The molecular weight excluding hydrogens is 340 g/mol. The summed E-state index contributed by atoms with van der Waals surface area (Å²) in [4.78, 5) is 25.8. The van der Waals surface area contributed by atoms with E-state index in [4.69, 9.17) is 4.42 Å². The Morgan fingerprint density at radius 2 is 1.78 bits per heavy atom. The maximum absolute atomic E-state index is 12.9. The van der Waals surface area contributed by atoms with Gasteiger partial charge in [-0.15, -0.1) is 0 Å². The van der Waals surface area contributed by atoms with Gasteiger partial charge in [-0.3, -0.25) is 9.59 Å². The highest BCUT2D eigenvalue weighted by atomic mass is 16.3. The number of benzene rings is 2. The van der Waals surface area contributed by atoms with E-state index in [0.29, 0.717) is 33.5 Å². The van der Waals surface area contributed by atoms with E-state index in [9.17, 15) is 9.59 Å². The number of para-hydroxylation sites is 1. The molecule has 3 aromatic rings. The molecule has 0 atom stereocenters. The van der Waals surface area contributed by atoms with Crippen molar-refractivity contribution in [1.29, 1.82) is 0 Å². The zero-order valence-corrected chi connectivity index (χ0v) is 15.3. The molecule has 4 rings (SSSR count). The molecular formula is C22H18N2O3. The molecule has 0 unspecified atom stereocenters. The van der Waals surface area contributed by atoms with Crippen LogP contribution in [-0.2, 0) is 4.79 Å². The fourth-order valence-electron chi connectivity index (χ4n) is 3.32. The molecule has 0 spiro atoms. The van der Waals surface area contributed by atoms with Gasteiger partial charge in [0.05, 0.1) is 27.9 Å². The molecule has 1 amide bonds. The van der Waals surface area contributed by atoms with E-state index in [1.807, 2.05) is 56.3 Å². The lowest BCUT2D eigenvalue weighted by molar-refractivity contribution is -0.114. The number of aryl methyl sites for hydroxylation is 2. The number of hydrazone groups is 1. The van der Waals surface area contributed by atoms with Crippen LogP contribution in [0.2, 0.25) is 0 Å². The van der Waals surface area contributed by atoms with Crippen molar-refractivity contribution in [3.63, 3.8) is 0 Å². The fourth-order valence-corrected chi connectivity index (χ4v) is 3.32. The van der Waals surface area contributed by atoms with Gasteiger partial charge in [-0.05, 0) is 56.2 Å². The largest absolute Gasteiger partial charge is 0.463 e. The van der Waals surface area contributed by atoms with Crippen molar-refractivity contribution < 1.29 is 9.21 Å². The number of hydrogen-bond acceptors (Lipinski definition) is 4. The zero-order chi connectivity index (χ0) is 19.1. The second-order valence-electron chi connectivity index (χ2n) is 6.67. The van der Waals surface area contributed by atoms with Gasteiger partial charge in [0.1, 0.15) is 11.8 Å². The summed E-state index contributed by atoms with van der Waals surface area (Å²) in [6.07, 6.45) is 2.97. The van der Waals surface area contributed by atoms with Gasteiger partial charge in [-0.1, -0.05) is 24.3 Å². The van der Waals surface area contributed by atoms with E-state index in [2.05, 4.69) is 5.10 Å². The first-order valence-corrected chi connectivity index (χ1v) is 8.65. The van der Waals surface area contributed by atoms with E-state index in [0.717, 1.165) is 11.1 Å². The second kappa shape index (κ2) is 6.36. The smallest absolute Gasteiger partial charge is 0.280 e. The highest BCUT2D eigenvalue weighted by Gasteiger charge is 2.29. The van der Waals surface area contributed by atoms with Crippen LogP contribution in [0, 0.1) is 13.8 Å². The predicted octanol–water partition coefficient (Wildman–Crippen LogP) is 4.22. The Kier molecular flexibility index (Phi) is 4.00. The van der Waals surface area contributed by atoms with E-state index < -0.39 is 0 Å². The van der Waals surface area contributed by atoms with Crippen LogP contribution < -0.4 is 10.4 Å². The normalized spacial score (nSPS) is 15.7. The zero-order valence-electron chi connectivity index (χ0n) is 15.3. The van der Waals surface area contributed by atoms with Gasteiger partial charge in [-0.25, -0.2) is 0 Å². The summed E-state index contributed by atoms with van der Waals surface area (Å²) in [5.41, 5.74) is 4.24. The first kappa shape index (κ1) is 17.0. The van der Waals surface area contributed by atoms with E-state index in [1.54, 1.807) is 13.0 Å². The average Bonchev–Trinajstić information content (AvgIpc) is 2.92. The predicted molar refractivity (Wildman–Crippen MR) is 107 cm³/mol. The van der Waals surface area contributed by atoms with Gasteiger partial charge in [0, 0.05) is 0 Å². The number of carbonyl (C=O) groups excluding carboxylic acids is 1. The van der Waals surface area contributed by atoms with Gasteiger partial charge < -0.3 is 4.42 Å². The van der Waals surface area contributed by atoms with Crippen LogP contribution in [0.3, 0.4) is 0 Å². The number of fused-ring (bicyclic) bond motifs is 1. The van der Waals surface area contributed by atoms with Crippen molar-refractivity contribution in [2.24, 2.45) is 5.10 Å². The minimum absolute atomic E-state index is 0.153. The summed E-state index contributed by atoms with van der Waals surface area (Å²) in [5, 5.41) is 6.22. The van der Waals surface area contributed by atoms with Crippen LogP contribution in [-0.4, -0.2) is 11.6 Å². The summed E-state index contributed by atoms with van der Waals surface area (Å²) in [7, 11) is 0. The Labute approximate surface area is 156 Å². The van der Waals surface area contributed by atoms with Crippen LogP contribution in [0.15, 0.2) is 68.6 Å². The van der Waals surface area contributed by atoms with Crippen molar-refractivity contribution in [2.75, 3.05) is 5.01 Å². The molecule has 134 valence electrons. The SMILES string of the molecule is CC1=NN(c2ccccc2)C(=O)C1=Cc1coc2cc(C)cc(C)c2c1=O. The Morgan fingerprint density at radius 1 is 1.04 bits per heavy atom. The van der Waals surface area contributed by atoms with Crippen molar-refractivity contribution in [2.45, 2.75) is 20.8 Å². The van der Waals surface area contributed by atoms with Gasteiger partial charge >= 0.3 is 0 Å². The second-order valence-corrected chi connectivity index (χ2v) is 6.67. The Bertz CT molecular complexity index is 1190. The van der Waals surface area contributed by atoms with Crippen LogP contribution >= 0.6 is 0 Å². The minimum atomic E-state index is -0.265. The lowest BCUT2D eigenvalue weighted by atomic mass is 10.0. The third-order valence-electron chi connectivity index (χ3n) is 4.61. The first-order chi connectivity index (χ1) is 13.0. The van der Waals surface area contributed by atoms with Crippen molar-refractivity contribution in [3.05, 3.63) is 81.2 Å². The van der Waals surface area contributed by atoms with Gasteiger partial charge in [-0.2, -0.15) is 10.1 Å². The van der Waals surface area contributed by atoms with Crippen LogP contribution in [0.5, 0.6) is 0 Å². The molecule has 2 heterocycles. The maximum atomic E-state index is 12.9. The molecule has 1 aliphatic rings. The van der Waals surface area contributed by atoms with E-state index in [1.165, 1.54) is 11.3 Å². The molecule has 0 saturated heterocycles. The molecule has 0 radical (unpaired) electrons. The summed E-state index contributed by atoms with van der Waals surface area (Å²) in [6.45, 7) is 5.59. The maximum Gasteiger partial charge on any atom is 0.280 e. The molecule has 0 bridgehead atoms. The molecule has 5 nitrogen and oxygen atoms in total.